The molecule has 4 heteroatoms. The van der Waals surface area contributed by atoms with E-state index in [1.807, 2.05) is 37.3 Å². The maximum Gasteiger partial charge on any atom is 0.224 e. The minimum absolute atomic E-state index is 0.0925. The molecule has 3 nitrogen and oxygen atoms in total. The first-order valence-electron chi connectivity index (χ1n) is 7.32. The molecule has 0 fully saturated rings. The number of hydrogen-bond donors (Lipinski definition) is 1. The molecule has 2 rings (SSSR count). The van der Waals surface area contributed by atoms with Crippen molar-refractivity contribution in [2.75, 3.05) is 6.61 Å². The highest BCUT2D eigenvalue weighted by Crippen LogP contribution is 2.13. The fraction of sp³-hybridized carbons (Fsp3) is 0.278. The summed E-state index contributed by atoms with van der Waals surface area (Å²) < 4.78 is 18.8. The molecule has 1 amide bonds. The van der Waals surface area contributed by atoms with E-state index >= 15 is 0 Å². The second-order valence-electron chi connectivity index (χ2n) is 5.11. The van der Waals surface area contributed by atoms with Crippen molar-refractivity contribution < 1.29 is 13.9 Å². The average molecular weight is 301 g/mol. The summed E-state index contributed by atoms with van der Waals surface area (Å²) >= 11 is 0. The lowest BCUT2D eigenvalue weighted by Gasteiger charge is -2.07. The molecule has 2 aromatic carbocycles. The van der Waals surface area contributed by atoms with Crippen LogP contribution >= 0.6 is 0 Å². The van der Waals surface area contributed by atoms with Crippen LogP contribution in [0.5, 0.6) is 5.75 Å². The van der Waals surface area contributed by atoms with Gasteiger partial charge < -0.3 is 10.1 Å². The number of aryl methyl sites for hydroxylation is 1. The van der Waals surface area contributed by atoms with Gasteiger partial charge in [0.2, 0.25) is 5.91 Å². The number of hydrogen-bond acceptors (Lipinski definition) is 2. The molecule has 0 bridgehead atoms. The fourth-order valence-electron chi connectivity index (χ4n) is 2.07. The van der Waals surface area contributed by atoms with Gasteiger partial charge in [-0.3, -0.25) is 4.79 Å². The van der Waals surface area contributed by atoms with Crippen molar-refractivity contribution in [3.05, 3.63) is 65.0 Å². The number of halogens is 1. The lowest BCUT2D eigenvalue weighted by atomic mass is 10.1. The molecular formula is C18H20FNO2. The Morgan fingerprint density at radius 3 is 2.45 bits per heavy atom. The van der Waals surface area contributed by atoms with Gasteiger partial charge >= 0.3 is 0 Å². The van der Waals surface area contributed by atoms with Crippen LogP contribution in [-0.2, 0) is 17.8 Å². The summed E-state index contributed by atoms with van der Waals surface area (Å²) in [5, 5.41) is 2.80. The Kier molecular flexibility index (Phi) is 5.53. The lowest BCUT2D eigenvalue weighted by Crippen LogP contribution is -2.24. The van der Waals surface area contributed by atoms with Crippen LogP contribution in [0.15, 0.2) is 42.5 Å². The maximum absolute atomic E-state index is 13.4. The van der Waals surface area contributed by atoms with Crippen LogP contribution in [-0.4, -0.2) is 12.5 Å². The molecule has 0 saturated heterocycles. The molecule has 0 atom stereocenters. The van der Waals surface area contributed by atoms with Gasteiger partial charge in [-0.1, -0.05) is 24.3 Å². The van der Waals surface area contributed by atoms with Crippen LogP contribution in [0.3, 0.4) is 0 Å². The van der Waals surface area contributed by atoms with Crippen LogP contribution in [0.2, 0.25) is 0 Å². The van der Waals surface area contributed by atoms with Crippen LogP contribution < -0.4 is 10.1 Å². The highest BCUT2D eigenvalue weighted by atomic mass is 19.1. The summed E-state index contributed by atoms with van der Waals surface area (Å²) in [7, 11) is 0. The van der Waals surface area contributed by atoms with Gasteiger partial charge in [0, 0.05) is 6.54 Å². The van der Waals surface area contributed by atoms with E-state index in [0.717, 1.165) is 16.9 Å². The average Bonchev–Trinajstić information content (AvgIpc) is 2.51. The molecule has 0 radical (unpaired) electrons. The number of rotatable bonds is 6. The number of carbonyl (C=O) groups excluding carboxylic acids is 1. The van der Waals surface area contributed by atoms with Gasteiger partial charge in [-0.2, -0.15) is 0 Å². The summed E-state index contributed by atoms with van der Waals surface area (Å²) in [6.07, 6.45) is 0.292. The largest absolute Gasteiger partial charge is 0.494 e. The van der Waals surface area contributed by atoms with E-state index in [1.54, 1.807) is 13.0 Å². The lowest BCUT2D eigenvalue weighted by molar-refractivity contribution is -0.120. The van der Waals surface area contributed by atoms with Crippen LogP contribution in [0, 0.1) is 12.7 Å². The first-order valence-corrected chi connectivity index (χ1v) is 7.32. The van der Waals surface area contributed by atoms with Gasteiger partial charge in [0.1, 0.15) is 11.6 Å². The Morgan fingerprint density at radius 2 is 1.82 bits per heavy atom. The summed E-state index contributed by atoms with van der Waals surface area (Å²) in [5.41, 5.74) is 2.27. The number of amides is 1. The molecule has 22 heavy (non-hydrogen) atoms. The van der Waals surface area contributed by atoms with E-state index in [0.29, 0.717) is 25.1 Å². The number of carbonyl (C=O) groups is 1. The molecule has 1 N–H and O–H groups in total. The summed E-state index contributed by atoms with van der Waals surface area (Å²) in [5.74, 6) is 0.449. The quantitative estimate of drug-likeness (QED) is 0.888. The highest BCUT2D eigenvalue weighted by Gasteiger charge is 2.05. The summed E-state index contributed by atoms with van der Waals surface area (Å²) in [4.78, 5) is 11.9. The van der Waals surface area contributed by atoms with Gasteiger partial charge in [0.15, 0.2) is 0 Å². The smallest absolute Gasteiger partial charge is 0.224 e. The summed E-state index contributed by atoms with van der Waals surface area (Å²) in [6.45, 7) is 4.58. The van der Waals surface area contributed by atoms with Crippen molar-refractivity contribution in [2.45, 2.75) is 26.8 Å². The van der Waals surface area contributed by atoms with Crippen molar-refractivity contribution in [2.24, 2.45) is 0 Å². The maximum atomic E-state index is 13.4. The monoisotopic (exact) mass is 301 g/mol. The number of benzene rings is 2. The zero-order valence-corrected chi connectivity index (χ0v) is 12.9. The van der Waals surface area contributed by atoms with E-state index in [1.165, 1.54) is 6.07 Å². The third kappa shape index (κ3) is 4.58. The number of ether oxygens (including phenoxy) is 1. The zero-order valence-electron chi connectivity index (χ0n) is 12.9. The number of nitrogens with one attached hydrogen (secondary N) is 1. The van der Waals surface area contributed by atoms with Crippen LogP contribution in [0.4, 0.5) is 4.39 Å². The minimum Gasteiger partial charge on any atom is -0.494 e. The van der Waals surface area contributed by atoms with Gasteiger partial charge in [-0.05, 0) is 48.7 Å². The molecule has 0 heterocycles. The van der Waals surface area contributed by atoms with E-state index in [4.69, 9.17) is 4.74 Å². The minimum atomic E-state index is -0.252. The van der Waals surface area contributed by atoms with Crippen molar-refractivity contribution in [1.29, 1.82) is 0 Å². The predicted molar refractivity (Wildman–Crippen MR) is 84.3 cm³/mol. The normalized spacial score (nSPS) is 10.3. The second-order valence-corrected chi connectivity index (χ2v) is 5.11. The topological polar surface area (TPSA) is 38.3 Å². The van der Waals surface area contributed by atoms with Crippen molar-refractivity contribution in [3.8, 4) is 5.75 Å². The van der Waals surface area contributed by atoms with E-state index in [-0.39, 0.29) is 11.7 Å². The fourth-order valence-corrected chi connectivity index (χ4v) is 2.07. The molecular weight excluding hydrogens is 281 g/mol. The molecule has 116 valence electrons. The standard InChI is InChI=1S/C18H20FNO2/c1-3-22-16-8-6-14(7-9-16)11-18(21)20-12-15-5-4-13(2)17(19)10-15/h4-10H,3,11-12H2,1-2H3,(H,20,21). The van der Waals surface area contributed by atoms with E-state index in [9.17, 15) is 9.18 Å². The highest BCUT2D eigenvalue weighted by molar-refractivity contribution is 5.78. The second kappa shape index (κ2) is 7.59. The Labute approximate surface area is 130 Å². The molecule has 0 aliphatic rings. The molecule has 0 aliphatic carbocycles. The molecule has 0 spiro atoms. The first-order chi connectivity index (χ1) is 10.6. The predicted octanol–water partition coefficient (Wildman–Crippen LogP) is 3.39. The van der Waals surface area contributed by atoms with Gasteiger partial charge in [-0.25, -0.2) is 4.39 Å². The SMILES string of the molecule is CCOc1ccc(CC(=O)NCc2ccc(C)c(F)c2)cc1. The van der Waals surface area contributed by atoms with Crippen molar-refractivity contribution in [3.63, 3.8) is 0 Å². The molecule has 0 unspecified atom stereocenters. The van der Waals surface area contributed by atoms with Gasteiger partial charge in [0.05, 0.1) is 13.0 Å². The van der Waals surface area contributed by atoms with Crippen molar-refractivity contribution in [1.82, 2.24) is 5.32 Å². The Balaban J connectivity index is 1.85. The van der Waals surface area contributed by atoms with Gasteiger partial charge in [-0.15, -0.1) is 0 Å². The van der Waals surface area contributed by atoms with Crippen LogP contribution in [0.1, 0.15) is 23.6 Å². The third-order valence-electron chi connectivity index (χ3n) is 3.32. The Hall–Kier alpha value is -2.36. The Bertz CT molecular complexity index is 638. The first kappa shape index (κ1) is 16.0. The zero-order chi connectivity index (χ0) is 15.9. The van der Waals surface area contributed by atoms with Crippen molar-refractivity contribution >= 4 is 5.91 Å². The van der Waals surface area contributed by atoms with E-state index < -0.39 is 0 Å². The molecule has 2 aromatic rings. The van der Waals surface area contributed by atoms with Crippen LogP contribution in [0.25, 0.3) is 0 Å². The Morgan fingerprint density at radius 1 is 1.14 bits per heavy atom. The molecule has 0 aromatic heterocycles. The third-order valence-corrected chi connectivity index (χ3v) is 3.32. The molecule has 0 saturated carbocycles. The molecule has 0 aliphatic heterocycles. The summed E-state index contributed by atoms with van der Waals surface area (Å²) in [6, 6.07) is 12.4. The van der Waals surface area contributed by atoms with Gasteiger partial charge in [0.25, 0.3) is 0 Å². The van der Waals surface area contributed by atoms with E-state index in [2.05, 4.69) is 5.32 Å².